The lowest BCUT2D eigenvalue weighted by atomic mass is 10.0. The minimum Gasteiger partial charge on any atom is -0.494 e. The van der Waals surface area contributed by atoms with Crippen molar-refractivity contribution in [3.05, 3.63) is 65.2 Å². The number of nitrogens with zero attached hydrogens (tertiary/aromatic N) is 1. The van der Waals surface area contributed by atoms with Gasteiger partial charge >= 0.3 is 5.97 Å². The van der Waals surface area contributed by atoms with Gasteiger partial charge in [0.1, 0.15) is 17.2 Å². The van der Waals surface area contributed by atoms with Gasteiger partial charge in [-0.3, -0.25) is 0 Å². The van der Waals surface area contributed by atoms with Crippen molar-refractivity contribution in [3.8, 4) is 11.5 Å². The number of carbonyl (C=O) groups is 1. The quantitative estimate of drug-likeness (QED) is 0.594. The van der Waals surface area contributed by atoms with Gasteiger partial charge in [0.2, 0.25) is 0 Å². The Kier molecular flexibility index (Phi) is 5.14. The molecule has 0 radical (unpaired) electrons. The molecule has 0 spiro atoms. The Balaban J connectivity index is 2.00. The molecule has 0 saturated carbocycles. The normalized spacial score (nSPS) is 15.0. The standard InChI is InChI=1S/C20H19NO4/c1-3-23-16-11-10-15(18(13-16)24-4-2)12-17-19(21-25-20(17)22)14-8-6-5-7-9-14/h5-13H,3-4H2,1-2H3. The van der Waals surface area contributed by atoms with E-state index >= 15 is 0 Å². The first kappa shape index (κ1) is 16.8. The lowest BCUT2D eigenvalue weighted by Crippen LogP contribution is -2.07. The van der Waals surface area contributed by atoms with Crippen molar-refractivity contribution >= 4 is 17.8 Å². The summed E-state index contributed by atoms with van der Waals surface area (Å²) in [6.07, 6.45) is 1.74. The SMILES string of the molecule is CCOc1ccc(C=C2C(=O)ON=C2c2ccccc2)c(OCC)c1. The smallest absolute Gasteiger partial charge is 0.368 e. The van der Waals surface area contributed by atoms with Gasteiger partial charge in [0.05, 0.1) is 18.8 Å². The molecule has 2 aromatic rings. The molecule has 3 rings (SSSR count). The lowest BCUT2D eigenvalue weighted by Gasteiger charge is -2.11. The number of carbonyl (C=O) groups excluding carboxylic acids is 1. The van der Waals surface area contributed by atoms with Crippen LogP contribution in [0.3, 0.4) is 0 Å². The Hall–Kier alpha value is -3.08. The molecule has 0 saturated heterocycles. The molecule has 0 amide bonds. The summed E-state index contributed by atoms with van der Waals surface area (Å²) in [6, 6.07) is 15.0. The van der Waals surface area contributed by atoms with Gasteiger partial charge in [-0.2, -0.15) is 0 Å². The minimum absolute atomic E-state index is 0.399. The predicted octanol–water partition coefficient (Wildman–Crippen LogP) is 3.83. The summed E-state index contributed by atoms with van der Waals surface area (Å²) in [5.41, 5.74) is 2.50. The zero-order chi connectivity index (χ0) is 17.6. The second-order valence-electron chi connectivity index (χ2n) is 5.31. The number of ether oxygens (including phenoxy) is 2. The number of hydrogen-bond acceptors (Lipinski definition) is 5. The monoisotopic (exact) mass is 337 g/mol. The van der Waals surface area contributed by atoms with Crippen LogP contribution in [0.25, 0.3) is 6.08 Å². The van der Waals surface area contributed by atoms with Gasteiger partial charge in [0, 0.05) is 17.2 Å². The number of oxime groups is 1. The van der Waals surface area contributed by atoms with Gasteiger partial charge < -0.3 is 14.3 Å². The maximum absolute atomic E-state index is 12.1. The van der Waals surface area contributed by atoms with Crippen molar-refractivity contribution in [3.63, 3.8) is 0 Å². The molecule has 1 heterocycles. The topological polar surface area (TPSA) is 57.1 Å². The van der Waals surface area contributed by atoms with E-state index in [-0.39, 0.29) is 0 Å². The first-order chi connectivity index (χ1) is 12.2. The highest BCUT2D eigenvalue weighted by atomic mass is 16.7. The third-order valence-electron chi connectivity index (χ3n) is 3.64. The molecule has 0 fully saturated rings. The first-order valence-electron chi connectivity index (χ1n) is 8.19. The fourth-order valence-electron chi connectivity index (χ4n) is 2.54. The lowest BCUT2D eigenvalue weighted by molar-refractivity contribution is -0.136. The molecule has 5 nitrogen and oxygen atoms in total. The summed E-state index contributed by atoms with van der Waals surface area (Å²) < 4.78 is 11.2. The average molecular weight is 337 g/mol. The summed E-state index contributed by atoms with van der Waals surface area (Å²) >= 11 is 0. The van der Waals surface area contributed by atoms with Crippen molar-refractivity contribution in [2.24, 2.45) is 5.16 Å². The molecule has 0 atom stereocenters. The molecule has 2 aromatic carbocycles. The summed E-state index contributed by atoms with van der Waals surface area (Å²) in [4.78, 5) is 17.0. The zero-order valence-corrected chi connectivity index (χ0v) is 14.2. The Morgan fingerprint density at radius 3 is 2.52 bits per heavy atom. The van der Waals surface area contributed by atoms with Crippen LogP contribution in [-0.2, 0) is 9.63 Å². The number of hydrogen-bond donors (Lipinski definition) is 0. The molecule has 0 unspecified atom stereocenters. The molecule has 0 bridgehead atoms. The van der Waals surface area contributed by atoms with Crippen LogP contribution in [0.5, 0.6) is 11.5 Å². The molecule has 0 aromatic heterocycles. The van der Waals surface area contributed by atoms with Crippen molar-refractivity contribution in [2.45, 2.75) is 13.8 Å². The van der Waals surface area contributed by atoms with Gasteiger partial charge in [-0.1, -0.05) is 35.5 Å². The fourth-order valence-corrected chi connectivity index (χ4v) is 2.54. The second-order valence-corrected chi connectivity index (χ2v) is 5.31. The number of rotatable bonds is 6. The van der Waals surface area contributed by atoms with Crippen LogP contribution < -0.4 is 9.47 Å². The van der Waals surface area contributed by atoms with E-state index in [9.17, 15) is 4.79 Å². The number of benzene rings is 2. The minimum atomic E-state index is -0.477. The molecule has 128 valence electrons. The highest BCUT2D eigenvalue weighted by molar-refractivity contribution is 6.31. The Labute approximate surface area is 146 Å². The van der Waals surface area contributed by atoms with Gasteiger partial charge in [0.15, 0.2) is 0 Å². The highest BCUT2D eigenvalue weighted by Gasteiger charge is 2.27. The predicted molar refractivity (Wildman–Crippen MR) is 95.8 cm³/mol. The summed E-state index contributed by atoms with van der Waals surface area (Å²) in [6.45, 7) is 4.91. The summed E-state index contributed by atoms with van der Waals surface area (Å²) in [7, 11) is 0. The molecule has 25 heavy (non-hydrogen) atoms. The van der Waals surface area contributed by atoms with Crippen LogP contribution in [-0.4, -0.2) is 24.9 Å². The van der Waals surface area contributed by atoms with E-state index < -0.39 is 5.97 Å². The average Bonchev–Trinajstić information content (AvgIpc) is 2.99. The fraction of sp³-hybridized carbons (Fsp3) is 0.200. The molecular weight excluding hydrogens is 318 g/mol. The van der Waals surface area contributed by atoms with Crippen LogP contribution in [0.15, 0.2) is 59.3 Å². The van der Waals surface area contributed by atoms with E-state index in [4.69, 9.17) is 14.3 Å². The largest absolute Gasteiger partial charge is 0.494 e. The van der Waals surface area contributed by atoms with Crippen LogP contribution in [0.1, 0.15) is 25.0 Å². The Morgan fingerprint density at radius 1 is 1.04 bits per heavy atom. The Morgan fingerprint density at radius 2 is 1.80 bits per heavy atom. The molecule has 5 heteroatoms. The Bertz CT molecular complexity index is 825. The van der Waals surface area contributed by atoms with E-state index in [1.54, 1.807) is 6.08 Å². The van der Waals surface area contributed by atoms with E-state index in [1.807, 2.05) is 62.4 Å². The van der Waals surface area contributed by atoms with E-state index in [2.05, 4.69) is 5.16 Å². The van der Waals surface area contributed by atoms with Gasteiger partial charge in [-0.25, -0.2) is 4.79 Å². The maximum Gasteiger partial charge on any atom is 0.368 e. The molecular formula is C20H19NO4. The molecule has 0 N–H and O–H groups in total. The van der Waals surface area contributed by atoms with Crippen LogP contribution in [0.4, 0.5) is 0 Å². The van der Waals surface area contributed by atoms with Gasteiger partial charge in [0.25, 0.3) is 0 Å². The summed E-state index contributed by atoms with van der Waals surface area (Å²) in [5.74, 6) is 0.891. The van der Waals surface area contributed by atoms with Crippen molar-refractivity contribution in [1.82, 2.24) is 0 Å². The van der Waals surface area contributed by atoms with Crippen molar-refractivity contribution < 1.29 is 19.1 Å². The van der Waals surface area contributed by atoms with E-state index in [0.29, 0.717) is 30.2 Å². The molecule has 1 aliphatic rings. The van der Waals surface area contributed by atoms with Crippen LogP contribution >= 0.6 is 0 Å². The first-order valence-corrected chi connectivity index (χ1v) is 8.19. The van der Waals surface area contributed by atoms with E-state index in [1.165, 1.54) is 0 Å². The third-order valence-corrected chi connectivity index (χ3v) is 3.64. The van der Waals surface area contributed by atoms with Crippen LogP contribution in [0, 0.1) is 0 Å². The van der Waals surface area contributed by atoms with Gasteiger partial charge in [-0.05, 0) is 32.1 Å². The zero-order valence-electron chi connectivity index (χ0n) is 14.2. The van der Waals surface area contributed by atoms with Crippen molar-refractivity contribution in [1.29, 1.82) is 0 Å². The highest BCUT2D eigenvalue weighted by Crippen LogP contribution is 2.29. The van der Waals surface area contributed by atoms with Crippen LogP contribution in [0.2, 0.25) is 0 Å². The third kappa shape index (κ3) is 3.71. The van der Waals surface area contributed by atoms with E-state index in [0.717, 1.165) is 16.9 Å². The van der Waals surface area contributed by atoms with Crippen molar-refractivity contribution in [2.75, 3.05) is 13.2 Å². The maximum atomic E-state index is 12.1. The molecule has 1 aliphatic heterocycles. The van der Waals surface area contributed by atoms with Gasteiger partial charge in [-0.15, -0.1) is 0 Å². The summed E-state index contributed by atoms with van der Waals surface area (Å²) in [5, 5.41) is 3.92. The molecule has 0 aliphatic carbocycles. The second kappa shape index (κ2) is 7.66.